The number of hydrogen-bond donors (Lipinski definition) is 1. The predicted octanol–water partition coefficient (Wildman–Crippen LogP) is 3.79. The maximum Gasteiger partial charge on any atom is 0.233 e. The molecule has 10 heteroatoms. The van der Waals surface area contributed by atoms with Crippen molar-refractivity contribution >= 4 is 45.6 Å². The Kier molecular flexibility index (Phi) is 5.85. The topological polar surface area (TPSA) is 85.6 Å². The second-order valence-electron chi connectivity index (χ2n) is 5.90. The van der Waals surface area contributed by atoms with Crippen LogP contribution >= 0.6 is 34.5 Å². The average Bonchev–Trinajstić information content (AvgIpc) is 3.21. The molecule has 2 aromatic heterocycles. The first kappa shape index (κ1) is 18.8. The van der Waals surface area contributed by atoms with Gasteiger partial charge in [0.1, 0.15) is 0 Å². The first-order chi connectivity index (χ1) is 12.4. The highest BCUT2D eigenvalue weighted by Crippen LogP contribution is 2.26. The lowest BCUT2D eigenvalue weighted by molar-refractivity contribution is -0.115. The van der Waals surface area contributed by atoms with Crippen molar-refractivity contribution in [2.45, 2.75) is 32.7 Å². The first-order valence-electron chi connectivity index (χ1n) is 7.87. The number of benzene rings is 1. The fraction of sp³-hybridized carbons (Fsp3) is 0.312. The third-order valence-corrected chi connectivity index (χ3v) is 5.06. The Morgan fingerprint density at radius 1 is 1.31 bits per heavy atom. The van der Waals surface area contributed by atoms with Gasteiger partial charge in [0, 0.05) is 17.5 Å². The Hall–Kier alpha value is -2.03. The van der Waals surface area contributed by atoms with Crippen LogP contribution in [0.4, 0.5) is 5.13 Å². The number of thiazole rings is 1. The maximum atomic E-state index is 12.1. The fourth-order valence-corrected chi connectivity index (χ4v) is 3.33. The van der Waals surface area contributed by atoms with Gasteiger partial charge < -0.3 is 5.32 Å². The van der Waals surface area contributed by atoms with E-state index < -0.39 is 0 Å². The molecular formula is C16H16Cl2N6OS. The standard InChI is InChI=1S/C16H16Cl2N6OS/c1-9(2)24-22-14(21-23-24)7-15(25)20-16-19-8-11(26-16)5-10-3-4-12(17)13(18)6-10/h3-4,6,8-9H,5,7H2,1-2H3,(H,19,20,25). The van der Waals surface area contributed by atoms with Crippen LogP contribution in [0.5, 0.6) is 0 Å². The smallest absolute Gasteiger partial charge is 0.233 e. The van der Waals surface area contributed by atoms with E-state index in [1.807, 2.05) is 26.0 Å². The minimum atomic E-state index is -0.233. The summed E-state index contributed by atoms with van der Waals surface area (Å²) in [6.45, 7) is 3.88. The summed E-state index contributed by atoms with van der Waals surface area (Å²) in [5.41, 5.74) is 1.02. The fourth-order valence-electron chi connectivity index (χ4n) is 2.15. The van der Waals surface area contributed by atoms with Gasteiger partial charge >= 0.3 is 0 Å². The lowest BCUT2D eigenvalue weighted by atomic mass is 10.1. The van der Waals surface area contributed by atoms with Crippen molar-refractivity contribution in [2.24, 2.45) is 0 Å². The SMILES string of the molecule is CC(C)n1nnc(CC(=O)Nc2ncc(Cc3ccc(Cl)c(Cl)c3)s2)n1. The number of nitrogens with one attached hydrogen (secondary N) is 1. The van der Waals surface area contributed by atoms with Crippen molar-refractivity contribution in [3.05, 3.63) is 50.7 Å². The van der Waals surface area contributed by atoms with E-state index in [2.05, 4.69) is 25.7 Å². The minimum Gasteiger partial charge on any atom is -0.302 e. The number of nitrogens with zero attached hydrogens (tertiary/aromatic N) is 5. The highest BCUT2D eigenvalue weighted by atomic mass is 35.5. The lowest BCUT2D eigenvalue weighted by Gasteiger charge is -2.01. The number of tetrazole rings is 1. The van der Waals surface area contributed by atoms with E-state index in [1.54, 1.807) is 12.3 Å². The summed E-state index contributed by atoms with van der Waals surface area (Å²) in [7, 11) is 0. The van der Waals surface area contributed by atoms with Crippen molar-refractivity contribution in [3.8, 4) is 0 Å². The molecule has 0 aliphatic carbocycles. The van der Waals surface area contributed by atoms with E-state index in [0.717, 1.165) is 10.4 Å². The van der Waals surface area contributed by atoms with Gasteiger partial charge in [-0.2, -0.15) is 4.80 Å². The molecule has 0 aliphatic rings. The summed E-state index contributed by atoms with van der Waals surface area (Å²) in [6.07, 6.45) is 2.44. The van der Waals surface area contributed by atoms with Gasteiger partial charge in [0.25, 0.3) is 0 Å². The Bertz CT molecular complexity index is 923. The number of carbonyl (C=O) groups excluding carboxylic acids is 1. The van der Waals surface area contributed by atoms with Gasteiger partial charge in [-0.1, -0.05) is 29.3 Å². The lowest BCUT2D eigenvalue weighted by Crippen LogP contribution is -2.15. The van der Waals surface area contributed by atoms with Gasteiger partial charge in [0.15, 0.2) is 11.0 Å². The monoisotopic (exact) mass is 410 g/mol. The van der Waals surface area contributed by atoms with Crippen LogP contribution in [-0.4, -0.2) is 31.1 Å². The molecule has 0 bridgehead atoms. The zero-order valence-corrected chi connectivity index (χ0v) is 16.4. The zero-order chi connectivity index (χ0) is 18.7. The van der Waals surface area contributed by atoms with Crippen LogP contribution in [0.2, 0.25) is 10.0 Å². The van der Waals surface area contributed by atoms with Crippen LogP contribution < -0.4 is 5.32 Å². The molecule has 0 unspecified atom stereocenters. The number of anilines is 1. The summed E-state index contributed by atoms with van der Waals surface area (Å²) >= 11 is 13.4. The van der Waals surface area contributed by atoms with E-state index in [9.17, 15) is 4.79 Å². The molecule has 0 radical (unpaired) electrons. The molecular weight excluding hydrogens is 395 g/mol. The number of halogens is 2. The number of amides is 1. The second kappa shape index (κ2) is 8.11. The molecule has 136 valence electrons. The molecule has 0 aliphatic heterocycles. The number of aromatic nitrogens is 5. The molecule has 0 atom stereocenters. The highest BCUT2D eigenvalue weighted by Gasteiger charge is 2.13. The molecule has 0 fully saturated rings. The van der Waals surface area contributed by atoms with Crippen LogP contribution in [0.15, 0.2) is 24.4 Å². The van der Waals surface area contributed by atoms with Crippen LogP contribution in [0.1, 0.15) is 36.2 Å². The van der Waals surface area contributed by atoms with Gasteiger partial charge in [-0.25, -0.2) is 4.98 Å². The third-order valence-electron chi connectivity index (χ3n) is 3.41. The molecule has 0 saturated carbocycles. The normalized spacial score (nSPS) is 11.1. The van der Waals surface area contributed by atoms with Crippen LogP contribution in [-0.2, 0) is 17.6 Å². The van der Waals surface area contributed by atoms with Gasteiger partial charge in [-0.3, -0.25) is 4.79 Å². The molecule has 7 nitrogen and oxygen atoms in total. The highest BCUT2D eigenvalue weighted by molar-refractivity contribution is 7.15. The van der Waals surface area contributed by atoms with E-state index in [4.69, 9.17) is 23.2 Å². The zero-order valence-electron chi connectivity index (χ0n) is 14.1. The van der Waals surface area contributed by atoms with Crippen molar-refractivity contribution < 1.29 is 4.79 Å². The van der Waals surface area contributed by atoms with Gasteiger partial charge in [0.2, 0.25) is 5.91 Å². The molecule has 1 amide bonds. The van der Waals surface area contributed by atoms with Crippen LogP contribution in [0.25, 0.3) is 0 Å². The summed E-state index contributed by atoms with van der Waals surface area (Å²) in [5, 5.41) is 16.3. The second-order valence-corrected chi connectivity index (χ2v) is 7.83. The minimum absolute atomic E-state index is 0.0500. The van der Waals surface area contributed by atoms with Gasteiger partial charge in [-0.05, 0) is 36.8 Å². The van der Waals surface area contributed by atoms with Crippen LogP contribution in [0, 0.1) is 0 Å². The van der Waals surface area contributed by atoms with E-state index in [0.29, 0.717) is 27.4 Å². The predicted molar refractivity (Wildman–Crippen MR) is 102 cm³/mol. The van der Waals surface area contributed by atoms with Gasteiger partial charge in [-0.15, -0.1) is 21.5 Å². The van der Waals surface area contributed by atoms with Crippen molar-refractivity contribution in [1.82, 2.24) is 25.2 Å². The Morgan fingerprint density at radius 3 is 2.81 bits per heavy atom. The molecule has 2 heterocycles. The van der Waals surface area contributed by atoms with E-state index >= 15 is 0 Å². The quantitative estimate of drug-likeness (QED) is 0.667. The molecule has 0 saturated heterocycles. The van der Waals surface area contributed by atoms with E-state index in [1.165, 1.54) is 16.1 Å². The molecule has 0 spiro atoms. The van der Waals surface area contributed by atoms with Crippen molar-refractivity contribution in [1.29, 1.82) is 0 Å². The summed E-state index contributed by atoms with van der Waals surface area (Å²) in [6, 6.07) is 5.60. The largest absolute Gasteiger partial charge is 0.302 e. The Morgan fingerprint density at radius 2 is 2.12 bits per heavy atom. The van der Waals surface area contributed by atoms with Crippen molar-refractivity contribution in [2.75, 3.05) is 5.32 Å². The Balaban J connectivity index is 1.58. The third kappa shape index (κ3) is 4.78. The van der Waals surface area contributed by atoms with Crippen LogP contribution in [0.3, 0.4) is 0 Å². The number of rotatable bonds is 6. The molecule has 26 heavy (non-hydrogen) atoms. The molecule has 1 aromatic carbocycles. The summed E-state index contributed by atoms with van der Waals surface area (Å²) in [5.74, 6) is 0.146. The molecule has 1 N–H and O–H groups in total. The van der Waals surface area contributed by atoms with E-state index in [-0.39, 0.29) is 18.4 Å². The summed E-state index contributed by atoms with van der Waals surface area (Å²) < 4.78 is 0. The maximum absolute atomic E-state index is 12.1. The van der Waals surface area contributed by atoms with Gasteiger partial charge in [0.05, 0.1) is 22.5 Å². The first-order valence-corrected chi connectivity index (χ1v) is 9.45. The average molecular weight is 411 g/mol. The molecule has 3 rings (SSSR count). The molecule has 3 aromatic rings. The Labute approximate surface area is 164 Å². The summed E-state index contributed by atoms with van der Waals surface area (Å²) in [4.78, 5) is 18.8. The van der Waals surface area contributed by atoms with Crippen molar-refractivity contribution in [3.63, 3.8) is 0 Å². The number of hydrogen-bond acceptors (Lipinski definition) is 6. The number of carbonyl (C=O) groups is 1.